The van der Waals surface area contributed by atoms with Crippen LogP contribution in [0.3, 0.4) is 0 Å². The molecule has 2 heterocycles. The lowest BCUT2D eigenvalue weighted by atomic mass is 10.3. The van der Waals surface area contributed by atoms with Crippen molar-refractivity contribution in [3.05, 3.63) is 39.6 Å². The first kappa shape index (κ1) is 13.8. The topological polar surface area (TPSA) is 106 Å². The van der Waals surface area contributed by atoms with Gasteiger partial charge in [0, 0.05) is 7.05 Å². The summed E-state index contributed by atoms with van der Waals surface area (Å²) in [6, 6.07) is 2.73. The second-order valence-electron chi connectivity index (χ2n) is 4.21. The Hall–Kier alpha value is -2.64. The largest absolute Gasteiger partial charge is 0.444 e. The van der Waals surface area contributed by atoms with Crippen molar-refractivity contribution in [2.24, 2.45) is 0 Å². The van der Waals surface area contributed by atoms with Crippen LogP contribution >= 0.6 is 0 Å². The van der Waals surface area contributed by atoms with Gasteiger partial charge in [0.2, 0.25) is 5.89 Å². The number of anilines is 2. The van der Waals surface area contributed by atoms with Gasteiger partial charge in [-0.2, -0.15) is 0 Å². The highest BCUT2D eigenvalue weighted by atomic mass is 16.6. The fourth-order valence-corrected chi connectivity index (χ4v) is 1.62. The van der Waals surface area contributed by atoms with Crippen LogP contribution in [0.5, 0.6) is 0 Å². The second-order valence-corrected chi connectivity index (χ2v) is 4.21. The van der Waals surface area contributed by atoms with Crippen molar-refractivity contribution in [3.63, 3.8) is 0 Å². The number of nitrogens with zero attached hydrogens (tertiary/aromatic N) is 3. The molecule has 2 aromatic heterocycles. The highest BCUT2D eigenvalue weighted by Crippen LogP contribution is 2.20. The van der Waals surface area contributed by atoms with Crippen molar-refractivity contribution in [1.82, 2.24) is 9.97 Å². The third kappa shape index (κ3) is 3.02. The summed E-state index contributed by atoms with van der Waals surface area (Å²) in [5.74, 6) is 2.07. The molecule has 0 saturated heterocycles. The number of rotatable bonds is 5. The summed E-state index contributed by atoms with van der Waals surface area (Å²) in [4.78, 5) is 18.8. The van der Waals surface area contributed by atoms with E-state index in [9.17, 15) is 10.1 Å². The van der Waals surface area contributed by atoms with Crippen LogP contribution in [-0.4, -0.2) is 21.9 Å². The Morgan fingerprint density at radius 1 is 1.30 bits per heavy atom. The van der Waals surface area contributed by atoms with E-state index >= 15 is 0 Å². The van der Waals surface area contributed by atoms with Gasteiger partial charge in [-0.15, -0.1) is 0 Å². The molecule has 0 aromatic carbocycles. The van der Waals surface area contributed by atoms with Crippen molar-refractivity contribution < 1.29 is 9.34 Å². The first-order valence-corrected chi connectivity index (χ1v) is 6.00. The molecule has 2 rings (SSSR count). The molecule has 2 aromatic rings. The van der Waals surface area contributed by atoms with Gasteiger partial charge in [0.1, 0.15) is 17.4 Å². The number of nitro groups is 1. The summed E-state index contributed by atoms with van der Waals surface area (Å²) in [5.41, 5.74) is 0.788. The van der Waals surface area contributed by atoms with E-state index in [2.05, 4.69) is 20.6 Å². The van der Waals surface area contributed by atoms with Crippen molar-refractivity contribution >= 4 is 17.3 Å². The van der Waals surface area contributed by atoms with Gasteiger partial charge in [0.15, 0.2) is 0 Å². The van der Waals surface area contributed by atoms with Crippen molar-refractivity contribution in [1.29, 1.82) is 0 Å². The Kier molecular flexibility index (Phi) is 3.83. The molecule has 0 aliphatic heterocycles. The van der Waals surface area contributed by atoms with Crippen LogP contribution in [0, 0.1) is 24.0 Å². The van der Waals surface area contributed by atoms with Crippen LogP contribution in [-0.2, 0) is 6.54 Å². The van der Waals surface area contributed by atoms with Crippen molar-refractivity contribution in [3.8, 4) is 0 Å². The van der Waals surface area contributed by atoms with Gasteiger partial charge < -0.3 is 15.1 Å². The number of aryl methyl sites for hydroxylation is 2. The monoisotopic (exact) mass is 277 g/mol. The molecule has 0 unspecified atom stereocenters. The molecule has 0 fully saturated rings. The van der Waals surface area contributed by atoms with E-state index in [4.69, 9.17) is 4.42 Å². The first-order chi connectivity index (χ1) is 9.49. The first-order valence-electron chi connectivity index (χ1n) is 6.00. The average Bonchev–Trinajstić information content (AvgIpc) is 2.75. The second kappa shape index (κ2) is 5.55. The Bertz CT molecular complexity index is 619. The van der Waals surface area contributed by atoms with Gasteiger partial charge >= 0.3 is 0 Å². The molecule has 0 radical (unpaired) electrons. The predicted molar refractivity (Wildman–Crippen MR) is 73.7 cm³/mol. The molecule has 2 N–H and O–H groups in total. The van der Waals surface area contributed by atoms with Crippen LogP contribution in [0.25, 0.3) is 0 Å². The summed E-state index contributed by atoms with van der Waals surface area (Å²) < 4.78 is 5.42. The Balaban J connectivity index is 2.16. The normalized spacial score (nSPS) is 10.3. The predicted octanol–water partition coefficient (Wildman–Crippen LogP) is 2.25. The van der Waals surface area contributed by atoms with Gasteiger partial charge in [0.05, 0.1) is 29.3 Å². The fourth-order valence-electron chi connectivity index (χ4n) is 1.62. The number of hydrogen-bond donors (Lipinski definition) is 2. The SMILES string of the molecule is CNc1cc([N+](=O)[O-])cc(NCc2nc(C)c(C)o2)n1. The maximum Gasteiger partial charge on any atom is 0.276 e. The van der Waals surface area contributed by atoms with Crippen LogP contribution < -0.4 is 10.6 Å². The number of hydrogen-bond acceptors (Lipinski definition) is 7. The van der Waals surface area contributed by atoms with Crippen molar-refractivity contribution in [2.75, 3.05) is 17.7 Å². The average molecular weight is 277 g/mol. The number of oxazole rings is 1. The lowest BCUT2D eigenvalue weighted by Crippen LogP contribution is -2.04. The number of aromatic nitrogens is 2. The minimum atomic E-state index is -0.465. The lowest BCUT2D eigenvalue weighted by Gasteiger charge is -2.05. The minimum Gasteiger partial charge on any atom is -0.444 e. The van der Waals surface area contributed by atoms with E-state index in [1.165, 1.54) is 12.1 Å². The number of pyridine rings is 1. The van der Waals surface area contributed by atoms with Gasteiger partial charge in [-0.3, -0.25) is 10.1 Å². The molecule has 0 saturated carbocycles. The van der Waals surface area contributed by atoms with E-state index in [-0.39, 0.29) is 5.69 Å². The van der Waals surface area contributed by atoms with E-state index in [0.29, 0.717) is 24.1 Å². The molecule has 0 amide bonds. The highest BCUT2D eigenvalue weighted by molar-refractivity contribution is 5.54. The molecule has 0 spiro atoms. The Morgan fingerprint density at radius 2 is 2.00 bits per heavy atom. The zero-order valence-corrected chi connectivity index (χ0v) is 11.4. The summed E-state index contributed by atoms with van der Waals surface area (Å²) in [6.45, 7) is 4.00. The van der Waals surface area contributed by atoms with Crippen LogP contribution in [0.2, 0.25) is 0 Å². The van der Waals surface area contributed by atoms with Gasteiger partial charge in [-0.25, -0.2) is 9.97 Å². The third-order valence-corrected chi connectivity index (χ3v) is 2.77. The molecule has 20 heavy (non-hydrogen) atoms. The molecular formula is C12H15N5O3. The van der Waals surface area contributed by atoms with Crippen LogP contribution in [0.1, 0.15) is 17.3 Å². The molecule has 8 heteroatoms. The van der Waals surface area contributed by atoms with Crippen LogP contribution in [0.15, 0.2) is 16.5 Å². The van der Waals surface area contributed by atoms with Gasteiger partial charge in [-0.05, 0) is 13.8 Å². The summed E-state index contributed by atoms with van der Waals surface area (Å²) >= 11 is 0. The number of nitrogens with one attached hydrogen (secondary N) is 2. The molecule has 106 valence electrons. The highest BCUT2D eigenvalue weighted by Gasteiger charge is 2.11. The van der Waals surface area contributed by atoms with Gasteiger partial charge in [0.25, 0.3) is 5.69 Å². The summed E-state index contributed by atoms with van der Waals surface area (Å²) in [5, 5.41) is 16.6. The smallest absolute Gasteiger partial charge is 0.276 e. The minimum absolute atomic E-state index is 0.0355. The third-order valence-electron chi connectivity index (χ3n) is 2.77. The standard InChI is InChI=1S/C12H15N5O3/c1-7-8(2)20-12(15-7)6-14-11-5-9(17(18)19)4-10(13-3)16-11/h4-5H,6H2,1-3H3,(H2,13,14,16). The van der Waals surface area contributed by atoms with Crippen molar-refractivity contribution in [2.45, 2.75) is 20.4 Å². The molecule has 0 aliphatic carbocycles. The molecule has 0 atom stereocenters. The van der Waals surface area contributed by atoms with E-state index < -0.39 is 4.92 Å². The molecular weight excluding hydrogens is 262 g/mol. The van der Waals surface area contributed by atoms with Crippen LogP contribution in [0.4, 0.5) is 17.3 Å². The fraction of sp³-hybridized carbons (Fsp3) is 0.333. The summed E-state index contributed by atoms with van der Waals surface area (Å²) in [7, 11) is 1.65. The van der Waals surface area contributed by atoms with E-state index in [1.54, 1.807) is 7.05 Å². The Morgan fingerprint density at radius 3 is 2.55 bits per heavy atom. The quantitative estimate of drug-likeness (QED) is 0.637. The lowest BCUT2D eigenvalue weighted by molar-refractivity contribution is -0.384. The van der Waals surface area contributed by atoms with E-state index in [0.717, 1.165) is 11.5 Å². The van der Waals surface area contributed by atoms with E-state index in [1.807, 2.05) is 13.8 Å². The molecule has 0 bridgehead atoms. The van der Waals surface area contributed by atoms with Gasteiger partial charge in [-0.1, -0.05) is 0 Å². The zero-order chi connectivity index (χ0) is 14.7. The Labute approximate surface area is 115 Å². The molecule has 0 aliphatic rings. The summed E-state index contributed by atoms with van der Waals surface area (Å²) in [6.07, 6.45) is 0. The zero-order valence-electron chi connectivity index (χ0n) is 11.4. The maximum atomic E-state index is 10.8. The molecule has 8 nitrogen and oxygen atoms in total. The maximum absolute atomic E-state index is 10.8.